The van der Waals surface area contributed by atoms with Gasteiger partial charge in [0.15, 0.2) is 0 Å². The van der Waals surface area contributed by atoms with Crippen LogP contribution in [0.5, 0.6) is 0 Å². The van der Waals surface area contributed by atoms with Crippen molar-refractivity contribution < 1.29 is 4.74 Å². The molecule has 1 aliphatic carbocycles. The SMILES string of the molecule is COCCn1c(CBr)nnc1C1CC1(C)C. The van der Waals surface area contributed by atoms with Crippen LogP contribution in [0, 0.1) is 5.41 Å². The number of rotatable bonds is 5. The topological polar surface area (TPSA) is 39.9 Å². The molecule has 0 aromatic carbocycles. The highest BCUT2D eigenvalue weighted by molar-refractivity contribution is 9.08. The number of methoxy groups -OCH3 is 1. The quantitative estimate of drug-likeness (QED) is 0.781. The van der Waals surface area contributed by atoms with Crippen molar-refractivity contribution in [3.63, 3.8) is 0 Å². The molecule has 1 atom stereocenters. The van der Waals surface area contributed by atoms with Gasteiger partial charge in [0, 0.05) is 19.6 Å². The van der Waals surface area contributed by atoms with Gasteiger partial charge in [-0.2, -0.15) is 0 Å². The van der Waals surface area contributed by atoms with Crippen LogP contribution in [0.1, 0.15) is 37.8 Å². The Morgan fingerprint density at radius 1 is 1.50 bits per heavy atom. The van der Waals surface area contributed by atoms with Gasteiger partial charge >= 0.3 is 0 Å². The minimum Gasteiger partial charge on any atom is -0.383 e. The largest absolute Gasteiger partial charge is 0.383 e. The number of ether oxygens (including phenoxy) is 1. The molecule has 0 bridgehead atoms. The summed E-state index contributed by atoms with van der Waals surface area (Å²) in [5.41, 5.74) is 0.390. The van der Waals surface area contributed by atoms with Gasteiger partial charge in [-0.15, -0.1) is 10.2 Å². The van der Waals surface area contributed by atoms with E-state index in [9.17, 15) is 0 Å². The Bertz CT molecular complexity index is 375. The van der Waals surface area contributed by atoms with Gasteiger partial charge in [-0.25, -0.2) is 0 Å². The molecule has 0 spiro atoms. The van der Waals surface area contributed by atoms with E-state index in [0.717, 1.165) is 23.5 Å². The van der Waals surface area contributed by atoms with Gasteiger partial charge in [-0.1, -0.05) is 29.8 Å². The highest BCUT2D eigenvalue weighted by Crippen LogP contribution is 2.58. The van der Waals surface area contributed by atoms with Crippen LogP contribution in [-0.2, 0) is 16.6 Å². The fourth-order valence-corrected chi connectivity index (χ4v) is 2.45. The molecule has 1 fully saturated rings. The van der Waals surface area contributed by atoms with Crippen molar-refractivity contribution in [2.45, 2.75) is 38.1 Å². The summed E-state index contributed by atoms with van der Waals surface area (Å²) in [5, 5.41) is 9.30. The van der Waals surface area contributed by atoms with E-state index in [1.807, 2.05) is 0 Å². The van der Waals surface area contributed by atoms with Crippen molar-refractivity contribution in [2.24, 2.45) is 5.41 Å². The van der Waals surface area contributed by atoms with E-state index in [4.69, 9.17) is 4.74 Å². The molecule has 0 amide bonds. The molecule has 1 heterocycles. The maximum Gasteiger partial charge on any atom is 0.143 e. The van der Waals surface area contributed by atoms with Gasteiger partial charge in [0.05, 0.1) is 11.9 Å². The summed E-state index contributed by atoms with van der Waals surface area (Å²) in [5.74, 6) is 2.68. The van der Waals surface area contributed by atoms with E-state index in [-0.39, 0.29) is 0 Å². The second kappa shape index (κ2) is 4.45. The lowest BCUT2D eigenvalue weighted by atomic mass is 10.1. The maximum absolute atomic E-state index is 5.13. The molecular weight excluding hydrogens is 270 g/mol. The Labute approximate surface area is 105 Å². The molecule has 1 saturated carbocycles. The van der Waals surface area contributed by atoms with Crippen LogP contribution in [0.15, 0.2) is 0 Å². The van der Waals surface area contributed by atoms with Crippen molar-refractivity contribution in [3.8, 4) is 0 Å². The zero-order valence-corrected chi connectivity index (χ0v) is 11.6. The van der Waals surface area contributed by atoms with E-state index in [1.54, 1.807) is 7.11 Å². The van der Waals surface area contributed by atoms with Crippen molar-refractivity contribution in [1.29, 1.82) is 0 Å². The predicted molar refractivity (Wildman–Crippen MR) is 65.7 cm³/mol. The molecule has 1 aliphatic rings. The number of alkyl halides is 1. The summed E-state index contributed by atoms with van der Waals surface area (Å²) >= 11 is 3.45. The average molecular weight is 288 g/mol. The summed E-state index contributed by atoms with van der Waals surface area (Å²) in [7, 11) is 1.72. The Balaban J connectivity index is 2.21. The molecule has 0 saturated heterocycles. The third kappa shape index (κ3) is 2.15. The summed E-state index contributed by atoms with van der Waals surface area (Å²) in [6.07, 6.45) is 1.21. The van der Waals surface area contributed by atoms with Gasteiger partial charge in [0.2, 0.25) is 0 Å². The molecule has 5 heteroatoms. The van der Waals surface area contributed by atoms with E-state index in [2.05, 4.69) is 44.5 Å². The van der Waals surface area contributed by atoms with Crippen LogP contribution >= 0.6 is 15.9 Å². The first-order valence-corrected chi connectivity index (χ1v) is 6.69. The first-order chi connectivity index (χ1) is 7.60. The fraction of sp³-hybridized carbons (Fsp3) is 0.818. The number of aromatic nitrogens is 3. The van der Waals surface area contributed by atoms with Crippen LogP contribution in [0.3, 0.4) is 0 Å². The van der Waals surface area contributed by atoms with Crippen molar-refractivity contribution in [1.82, 2.24) is 14.8 Å². The summed E-state index contributed by atoms with van der Waals surface area (Å²) < 4.78 is 7.32. The molecule has 0 N–H and O–H groups in total. The highest BCUT2D eigenvalue weighted by Gasteiger charge is 2.49. The molecule has 2 rings (SSSR count). The molecule has 4 nitrogen and oxygen atoms in total. The Kier molecular flexibility index (Phi) is 3.35. The lowest BCUT2D eigenvalue weighted by molar-refractivity contribution is 0.185. The molecule has 1 aromatic heterocycles. The minimum absolute atomic E-state index is 0.390. The van der Waals surface area contributed by atoms with Crippen molar-refractivity contribution in [2.75, 3.05) is 13.7 Å². The molecule has 90 valence electrons. The summed E-state index contributed by atoms with van der Waals surface area (Å²) in [6, 6.07) is 0. The van der Waals surface area contributed by atoms with Crippen LogP contribution in [-0.4, -0.2) is 28.5 Å². The second-order valence-corrected chi connectivity index (χ2v) is 5.56. The van der Waals surface area contributed by atoms with Crippen LogP contribution in [0.2, 0.25) is 0 Å². The smallest absolute Gasteiger partial charge is 0.143 e. The number of hydrogen-bond acceptors (Lipinski definition) is 3. The van der Waals surface area contributed by atoms with Crippen LogP contribution < -0.4 is 0 Å². The molecular formula is C11H18BrN3O. The van der Waals surface area contributed by atoms with E-state index < -0.39 is 0 Å². The van der Waals surface area contributed by atoms with Gasteiger partial charge in [-0.3, -0.25) is 0 Å². The van der Waals surface area contributed by atoms with Crippen molar-refractivity contribution in [3.05, 3.63) is 11.6 Å². The van der Waals surface area contributed by atoms with Crippen molar-refractivity contribution >= 4 is 15.9 Å². The minimum atomic E-state index is 0.390. The lowest BCUT2D eigenvalue weighted by Crippen LogP contribution is -2.11. The van der Waals surface area contributed by atoms with Crippen LogP contribution in [0.4, 0.5) is 0 Å². The van der Waals surface area contributed by atoms with Gasteiger partial charge in [0.25, 0.3) is 0 Å². The highest BCUT2D eigenvalue weighted by atomic mass is 79.9. The number of hydrogen-bond donors (Lipinski definition) is 0. The normalized spacial score (nSPS) is 22.4. The van der Waals surface area contributed by atoms with E-state index >= 15 is 0 Å². The first-order valence-electron chi connectivity index (χ1n) is 5.57. The average Bonchev–Trinajstić information content (AvgIpc) is 2.74. The van der Waals surface area contributed by atoms with E-state index in [1.165, 1.54) is 6.42 Å². The fourth-order valence-electron chi connectivity index (χ4n) is 2.04. The Hall–Kier alpha value is -0.420. The molecule has 1 unspecified atom stereocenters. The van der Waals surface area contributed by atoms with Gasteiger partial charge < -0.3 is 9.30 Å². The zero-order chi connectivity index (χ0) is 11.8. The first kappa shape index (κ1) is 12.0. The molecule has 1 aromatic rings. The Morgan fingerprint density at radius 3 is 2.69 bits per heavy atom. The third-order valence-corrected chi connectivity index (χ3v) is 3.82. The van der Waals surface area contributed by atoms with Gasteiger partial charge in [-0.05, 0) is 11.8 Å². The standard InChI is InChI=1S/C11H18BrN3O/c1-11(2)6-8(11)10-14-13-9(7-12)15(10)4-5-16-3/h8H,4-7H2,1-3H3. The molecule has 16 heavy (non-hydrogen) atoms. The van der Waals surface area contributed by atoms with Gasteiger partial charge in [0.1, 0.15) is 11.6 Å². The summed E-state index contributed by atoms with van der Waals surface area (Å²) in [4.78, 5) is 0. The maximum atomic E-state index is 5.13. The monoisotopic (exact) mass is 287 g/mol. The molecule has 0 aliphatic heterocycles. The van der Waals surface area contributed by atoms with E-state index in [0.29, 0.717) is 17.9 Å². The van der Waals surface area contributed by atoms with Crippen LogP contribution in [0.25, 0.3) is 0 Å². The lowest BCUT2D eigenvalue weighted by Gasteiger charge is -2.09. The third-order valence-electron chi connectivity index (χ3n) is 3.32. The Morgan fingerprint density at radius 2 is 2.19 bits per heavy atom. The molecule has 0 radical (unpaired) electrons. The second-order valence-electron chi connectivity index (χ2n) is 5.00. The number of halogens is 1. The zero-order valence-electron chi connectivity index (χ0n) is 10.0. The predicted octanol–water partition coefficient (Wildman–Crippen LogP) is 2.33. The summed E-state index contributed by atoms with van der Waals surface area (Å²) in [6.45, 7) is 6.10. The number of nitrogens with zero attached hydrogens (tertiary/aromatic N) is 3.